The van der Waals surface area contributed by atoms with Gasteiger partial charge in [-0.2, -0.15) is 0 Å². The average Bonchev–Trinajstić information content (AvgIpc) is 0.793. The Morgan fingerprint density at radius 1 is 0.260 bits per heavy atom. The maximum absolute atomic E-state index is 11.2. The zero-order valence-corrected chi connectivity index (χ0v) is 67.1. The number of nitrogen functional groups attached to an aromatic ring is 4. The molecule has 12 aromatic carbocycles. The molecule has 12 rings (SSSR count). The molecule has 0 amide bonds. The first kappa shape index (κ1) is 80.4. The number of halogens is 9. The molecular weight excluding hydrogens is 1550 g/mol. The van der Waals surface area contributed by atoms with Crippen LogP contribution in [-0.4, -0.2) is 9.85 Å². The number of nitro benzene ring substituents is 2. The smallest absolute Gasteiger partial charge is 0.270 e. The van der Waals surface area contributed by atoms with Gasteiger partial charge in [0.15, 0.2) is 0 Å². The van der Waals surface area contributed by atoms with Crippen molar-refractivity contribution in [2.75, 3.05) is 22.9 Å². The van der Waals surface area contributed by atoms with E-state index in [1.54, 1.807) is 59.6 Å². The molecule has 0 unspecified atom stereocenters. The highest BCUT2D eigenvalue weighted by Gasteiger charge is 2.24. The Hall–Kier alpha value is -7.70. The second-order valence-electron chi connectivity index (χ2n) is 24.7. The molecule has 0 atom stereocenters. The molecule has 0 bridgehead atoms. The second-order valence-corrected chi connectivity index (χ2v) is 31.2. The minimum atomic E-state index is -0.462. The number of aryl methyl sites for hydroxylation is 4. The van der Waals surface area contributed by atoms with Gasteiger partial charge in [-0.15, -0.1) is 12.4 Å². The van der Waals surface area contributed by atoms with Crippen molar-refractivity contribution in [3.8, 4) is 66.8 Å². The normalized spacial score (nSPS) is 10.9. The first-order valence-corrected chi connectivity index (χ1v) is 37.4. The van der Waals surface area contributed by atoms with Crippen molar-refractivity contribution in [3.63, 3.8) is 0 Å². The maximum atomic E-state index is 11.2. The van der Waals surface area contributed by atoms with Crippen LogP contribution in [0.2, 0.25) is 40.2 Å². The Labute approximate surface area is 664 Å². The summed E-state index contributed by atoms with van der Waals surface area (Å²) in [5.74, 6) is 0. The number of nitrogens with zero attached hydrogens (tertiary/aromatic N) is 2. The van der Waals surface area contributed by atoms with Gasteiger partial charge in [0.25, 0.3) is 11.4 Å². The molecule has 0 fully saturated rings. The van der Waals surface area contributed by atoms with Gasteiger partial charge in [-0.3, -0.25) is 20.2 Å². The van der Waals surface area contributed by atoms with Crippen molar-refractivity contribution >= 4 is 175 Å². The maximum Gasteiger partial charge on any atom is 0.270 e. The molecule has 0 radical (unpaired) electrons. The summed E-state index contributed by atoms with van der Waals surface area (Å²) in [4.78, 5) is 27.9. The van der Waals surface area contributed by atoms with Crippen LogP contribution in [0.3, 0.4) is 0 Å². The van der Waals surface area contributed by atoms with Crippen LogP contribution in [0.4, 0.5) is 34.1 Å². The fourth-order valence-electron chi connectivity index (χ4n) is 12.5. The Morgan fingerprint density at radius 2 is 0.452 bits per heavy atom. The molecule has 0 spiro atoms. The highest BCUT2D eigenvalue weighted by molar-refractivity contribution is 8.00. The standard InChI is InChI=1S/C28H22Cl2N2O4S.C28H26Cl2N2S.C26H20Cl4N2S.ClH/c1-15-5-11-25(17(3)27(15)21-9-7-19(31(33)34)13-23(21)29)37-26-12-6-16(2)28(18(26)4)22-10-8-20(32(35)36)14-24(22)30;1-15-5-11-25(17(3)27(15)21-9-7-19(31)13-23(21)29)33-26-12-6-16(2)28(18(26)4)22-10-8-20(32)14-24(22)30;1-13-23(9-7-19(27)25(13)17-5-3-15(31)11-21(17)29)33-24-10-8-20(28)26(14(24)2)18-6-4-16(32)12-22(18)30;/h5-14H,1-4H3;5-14H,31-32H2,1-4H3;3-12H,31-32H2,1-2H3;1H. The summed E-state index contributed by atoms with van der Waals surface area (Å²) in [6.07, 6.45) is 0. The molecule has 0 aromatic heterocycles. The van der Waals surface area contributed by atoms with E-state index in [1.807, 2.05) is 139 Å². The number of benzene rings is 12. The predicted molar refractivity (Wildman–Crippen MR) is 449 cm³/mol. The highest BCUT2D eigenvalue weighted by atomic mass is 35.5. The number of nitro groups is 2. The largest absolute Gasteiger partial charge is 0.399 e. The van der Waals surface area contributed by atoms with Crippen LogP contribution in [0.1, 0.15) is 55.6 Å². The number of non-ortho nitro benzene ring substituents is 2. The third-order valence-electron chi connectivity index (χ3n) is 17.8. The molecule has 10 nitrogen and oxygen atoms in total. The van der Waals surface area contributed by atoms with E-state index in [0.717, 1.165) is 120 Å². The first-order chi connectivity index (χ1) is 48.8. The summed E-state index contributed by atoms with van der Waals surface area (Å²) in [6.45, 7) is 20.6. The van der Waals surface area contributed by atoms with Gasteiger partial charge in [-0.25, -0.2) is 0 Å². The third-order valence-corrected chi connectivity index (χ3v) is 24.3. The molecule has 0 heterocycles. The molecule has 0 aliphatic carbocycles. The van der Waals surface area contributed by atoms with Gasteiger partial charge in [0, 0.05) is 131 Å². The molecular formula is C82H69Cl9N6O4S3. The van der Waals surface area contributed by atoms with Gasteiger partial charge in [0.2, 0.25) is 0 Å². The summed E-state index contributed by atoms with van der Waals surface area (Å²) >= 11 is 57.3. The monoisotopic (exact) mass is 1610 g/mol. The number of nitrogens with two attached hydrogens (primary N) is 4. The SMILES string of the molecule is Cc1c(Sc2ccc(Cl)c(-c3ccc(N)cc3Cl)c2C)ccc(Cl)c1-c1ccc(N)cc1Cl.Cc1ccc(Sc2ccc(C)c(-c3ccc(N)cc3Cl)c2C)c(C)c1-c1ccc(N)cc1Cl.Cc1ccc(Sc2ccc(C)c(-c3ccc([N+](=O)[O-])cc3Cl)c2C)c(C)c1-c1ccc([N+](=O)[O-])cc1Cl.Cl. The van der Waals surface area contributed by atoms with Gasteiger partial charge in [0.1, 0.15) is 0 Å². The van der Waals surface area contributed by atoms with Crippen LogP contribution in [0.5, 0.6) is 0 Å². The molecule has 0 saturated heterocycles. The third kappa shape index (κ3) is 17.5. The molecule has 0 saturated carbocycles. The van der Waals surface area contributed by atoms with Gasteiger partial charge >= 0.3 is 0 Å². The van der Waals surface area contributed by atoms with E-state index in [0.29, 0.717) is 62.9 Å². The molecule has 8 N–H and O–H groups in total. The van der Waals surface area contributed by atoms with Gasteiger partial charge in [-0.05, 0) is 256 Å². The minimum absolute atomic E-state index is 0. The van der Waals surface area contributed by atoms with Crippen molar-refractivity contribution in [3.05, 3.63) is 298 Å². The summed E-state index contributed by atoms with van der Waals surface area (Å²) in [6, 6.07) is 56.0. The van der Waals surface area contributed by atoms with Crippen LogP contribution >= 0.6 is 141 Å². The van der Waals surface area contributed by atoms with E-state index in [4.69, 9.17) is 116 Å². The fourth-order valence-corrected chi connectivity index (χ4v) is 17.9. The Kier molecular flexibility index (Phi) is 26.5. The summed E-state index contributed by atoms with van der Waals surface area (Å²) in [7, 11) is 0. The average molecular weight is 1620 g/mol. The second kappa shape index (κ2) is 34.2. The molecule has 104 heavy (non-hydrogen) atoms. The number of rotatable bonds is 14. The Balaban J connectivity index is 0.000000180. The lowest BCUT2D eigenvalue weighted by atomic mass is 9.95. The number of anilines is 4. The summed E-state index contributed by atoms with van der Waals surface area (Å²) < 4.78 is 0. The van der Waals surface area contributed by atoms with Crippen molar-refractivity contribution in [2.45, 2.75) is 98.6 Å². The fraction of sp³-hybridized carbons (Fsp3) is 0.122. The van der Waals surface area contributed by atoms with Crippen LogP contribution in [0, 0.1) is 89.5 Å². The van der Waals surface area contributed by atoms with E-state index in [-0.39, 0.29) is 23.8 Å². The zero-order valence-electron chi connectivity index (χ0n) is 57.8. The Bertz CT molecular complexity index is 4870. The van der Waals surface area contributed by atoms with E-state index < -0.39 is 9.85 Å². The number of hydrogen-bond acceptors (Lipinski definition) is 11. The lowest BCUT2D eigenvalue weighted by Gasteiger charge is -2.19. The molecule has 0 aliphatic heterocycles. The predicted octanol–water partition coefficient (Wildman–Crippen LogP) is 28.4. The van der Waals surface area contributed by atoms with E-state index >= 15 is 0 Å². The van der Waals surface area contributed by atoms with Crippen LogP contribution in [-0.2, 0) is 0 Å². The van der Waals surface area contributed by atoms with Crippen molar-refractivity contribution in [1.82, 2.24) is 0 Å². The van der Waals surface area contributed by atoms with Gasteiger partial charge in [0.05, 0.1) is 40.0 Å². The lowest BCUT2D eigenvalue weighted by molar-refractivity contribution is -0.385. The minimum Gasteiger partial charge on any atom is -0.399 e. The van der Waals surface area contributed by atoms with E-state index in [2.05, 4.69) is 64.1 Å². The van der Waals surface area contributed by atoms with E-state index in [1.165, 1.54) is 56.3 Å². The summed E-state index contributed by atoms with van der Waals surface area (Å²) in [5.41, 5.74) is 48.0. The first-order valence-electron chi connectivity index (χ1n) is 32.0. The Morgan fingerprint density at radius 3 is 0.663 bits per heavy atom. The topological polar surface area (TPSA) is 190 Å². The van der Waals surface area contributed by atoms with E-state index in [9.17, 15) is 20.2 Å². The number of hydrogen-bond donors (Lipinski definition) is 4. The van der Waals surface area contributed by atoms with Gasteiger partial charge in [-0.1, -0.05) is 177 Å². The van der Waals surface area contributed by atoms with Crippen molar-refractivity contribution < 1.29 is 9.85 Å². The van der Waals surface area contributed by atoms with Gasteiger partial charge < -0.3 is 22.9 Å². The molecule has 22 heteroatoms. The zero-order chi connectivity index (χ0) is 74.7. The highest BCUT2D eigenvalue weighted by Crippen LogP contribution is 2.50. The van der Waals surface area contributed by atoms with Crippen LogP contribution in [0.15, 0.2) is 211 Å². The molecule has 0 aliphatic rings. The molecule has 532 valence electrons. The summed E-state index contributed by atoms with van der Waals surface area (Å²) in [5, 5.41) is 26.7. The quantitative estimate of drug-likeness (QED) is 0.0460. The van der Waals surface area contributed by atoms with Crippen LogP contribution in [0.25, 0.3) is 66.8 Å². The van der Waals surface area contributed by atoms with Crippen molar-refractivity contribution in [1.29, 1.82) is 0 Å². The van der Waals surface area contributed by atoms with Crippen molar-refractivity contribution in [2.24, 2.45) is 0 Å². The van der Waals surface area contributed by atoms with Crippen LogP contribution < -0.4 is 22.9 Å². The lowest BCUT2D eigenvalue weighted by Crippen LogP contribution is -1.96. The molecule has 12 aromatic rings.